The molecule has 1 aliphatic rings. The Labute approximate surface area is 184 Å². The van der Waals surface area contributed by atoms with Crippen molar-refractivity contribution in [2.24, 2.45) is 0 Å². The molecular formula is C21H22ClN7O2. The number of piperazine rings is 1. The molecule has 1 saturated heterocycles. The lowest BCUT2D eigenvalue weighted by Crippen LogP contribution is -2.52. The highest BCUT2D eigenvalue weighted by atomic mass is 35.5. The molecule has 3 amide bonds. The SMILES string of the molecule is Cc1ccc(NC(=O)N2CCN(C(=O)Cn3nnc(-c4ccccc4)n3)CC2)cc1Cl. The van der Waals surface area contributed by atoms with Crippen LogP contribution in [-0.4, -0.2) is 68.1 Å². The molecule has 2 aromatic carbocycles. The second-order valence-corrected chi connectivity index (χ2v) is 7.68. The fraction of sp³-hybridized carbons (Fsp3) is 0.286. The summed E-state index contributed by atoms with van der Waals surface area (Å²) in [5.41, 5.74) is 2.44. The maximum absolute atomic E-state index is 12.6. The van der Waals surface area contributed by atoms with E-state index in [1.165, 1.54) is 4.80 Å². The van der Waals surface area contributed by atoms with Crippen molar-refractivity contribution in [3.63, 3.8) is 0 Å². The van der Waals surface area contributed by atoms with Crippen molar-refractivity contribution in [2.75, 3.05) is 31.5 Å². The Bertz CT molecular complexity index is 1080. The van der Waals surface area contributed by atoms with Gasteiger partial charge >= 0.3 is 6.03 Å². The molecule has 1 aromatic heterocycles. The lowest BCUT2D eigenvalue weighted by atomic mass is 10.2. The van der Waals surface area contributed by atoms with Crippen molar-refractivity contribution in [3.8, 4) is 11.4 Å². The monoisotopic (exact) mass is 439 g/mol. The van der Waals surface area contributed by atoms with E-state index in [0.29, 0.717) is 42.7 Å². The van der Waals surface area contributed by atoms with Gasteiger partial charge in [0.05, 0.1) is 0 Å². The largest absolute Gasteiger partial charge is 0.337 e. The van der Waals surface area contributed by atoms with Gasteiger partial charge in [0, 0.05) is 42.5 Å². The normalized spacial score (nSPS) is 13.9. The quantitative estimate of drug-likeness (QED) is 0.674. The van der Waals surface area contributed by atoms with E-state index in [0.717, 1.165) is 11.1 Å². The van der Waals surface area contributed by atoms with Gasteiger partial charge in [0.25, 0.3) is 0 Å². The van der Waals surface area contributed by atoms with Gasteiger partial charge < -0.3 is 15.1 Å². The van der Waals surface area contributed by atoms with E-state index in [1.807, 2.05) is 49.4 Å². The average molecular weight is 440 g/mol. The number of hydrogen-bond donors (Lipinski definition) is 1. The van der Waals surface area contributed by atoms with E-state index in [1.54, 1.807) is 15.9 Å². The predicted octanol–water partition coefficient (Wildman–Crippen LogP) is 2.68. The minimum atomic E-state index is -0.211. The first-order valence-electron chi connectivity index (χ1n) is 9.93. The number of benzene rings is 2. The van der Waals surface area contributed by atoms with Crippen LogP contribution in [0, 0.1) is 6.92 Å². The molecule has 3 aromatic rings. The second-order valence-electron chi connectivity index (χ2n) is 7.27. The molecule has 1 aliphatic heterocycles. The molecule has 1 fully saturated rings. The summed E-state index contributed by atoms with van der Waals surface area (Å²) in [6, 6.07) is 14.7. The molecule has 1 N–H and O–H groups in total. The lowest BCUT2D eigenvalue weighted by molar-refractivity contribution is -0.133. The number of halogens is 1. The fourth-order valence-electron chi connectivity index (χ4n) is 3.27. The summed E-state index contributed by atoms with van der Waals surface area (Å²) < 4.78 is 0. The highest BCUT2D eigenvalue weighted by Crippen LogP contribution is 2.20. The zero-order chi connectivity index (χ0) is 21.8. The Morgan fingerprint density at radius 2 is 1.74 bits per heavy atom. The Morgan fingerprint density at radius 3 is 2.45 bits per heavy atom. The number of nitrogens with one attached hydrogen (secondary N) is 1. The smallest absolute Gasteiger partial charge is 0.321 e. The zero-order valence-electron chi connectivity index (χ0n) is 17.0. The summed E-state index contributed by atoms with van der Waals surface area (Å²) in [6.45, 7) is 3.69. The fourth-order valence-corrected chi connectivity index (χ4v) is 3.45. The minimum absolute atomic E-state index is 0.00783. The first kappa shape index (κ1) is 20.8. The van der Waals surface area contributed by atoms with Crippen LogP contribution in [0.2, 0.25) is 5.02 Å². The number of nitrogens with zero attached hydrogens (tertiary/aromatic N) is 6. The number of carbonyl (C=O) groups is 2. The molecule has 0 bridgehead atoms. The van der Waals surface area contributed by atoms with E-state index in [4.69, 9.17) is 11.6 Å². The van der Waals surface area contributed by atoms with Crippen LogP contribution in [0.5, 0.6) is 0 Å². The number of aromatic nitrogens is 4. The molecule has 9 nitrogen and oxygen atoms in total. The third-order valence-corrected chi connectivity index (χ3v) is 5.51. The molecule has 0 spiro atoms. The van der Waals surface area contributed by atoms with Crippen molar-refractivity contribution in [2.45, 2.75) is 13.5 Å². The Balaban J connectivity index is 1.28. The molecule has 160 valence electrons. The van der Waals surface area contributed by atoms with Gasteiger partial charge in [0.15, 0.2) is 0 Å². The third-order valence-electron chi connectivity index (χ3n) is 5.10. The summed E-state index contributed by atoms with van der Waals surface area (Å²) in [5, 5.41) is 15.7. The summed E-state index contributed by atoms with van der Waals surface area (Å²) in [7, 11) is 0. The van der Waals surface area contributed by atoms with Crippen LogP contribution in [0.3, 0.4) is 0 Å². The molecule has 0 saturated carbocycles. The molecule has 4 rings (SSSR count). The van der Waals surface area contributed by atoms with Crippen molar-refractivity contribution in [1.29, 1.82) is 0 Å². The first-order valence-corrected chi connectivity index (χ1v) is 10.3. The topological polar surface area (TPSA) is 96.2 Å². The maximum atomic E-state index is 12.6. The Kier molecular flexibility index (Phi) is 6.13. The maximum Gasteiger partial charge on any atom is 0.321 e. The highest BCUT2D eigenvalue weighted by Gasteiger charge is 2.25. The number of rotatable bonds is 4. The van der Waals surface area contributed by atoms with Crippen LogP contribution in [0.4, 0.5) is 10.5 Å². The summed E-state index contributed by atoms with van der Waals surface area (Å²) in [5.74, 6) is 0.369. The van der Waals surface area contributed by atoms with E-state index < -0.39 is 0 Å². The Hall–Kier alpha value is -3.46. The zero-order valence-corrected chi connectivity index (χ0v) is 17.8. The van der Waals surface area contributed by atoms with Gasteiger partial charge in [-0.1, -0.05) is 48.0 Å². The molecule has 0 radical (unpaired) electrons. The van der Waals surface area contributed by atoms with Crippen LogP contribution in [0.15, 0.2) is 48.5 Å². The van der Waals surface area contributed by atoms with Crippen LogP contribution in [-0.2, 0) is 11.3 Å². The van der Waals surface area contributed by atoms with Crippen LogP contribution in [0.1, 0.15) is 5.56 Å². The average Bonchev–Trinajstić information content (AvgIpc) is 3.25. The predicted molar refractivity (Wildman–Crippen MR) is 117 cm³/mol. The second kappa shape index (κ2) is 9.13. The standard InChI is InChI=1S/C21H22ClN7O2/c1-15-7-8-17(13-18(15)22)23-21(31)28-11-9-27(10-12-28)19(30)14-29-25-20(24-26-29)16-5-3-2-4-6-16/h2-8,13H,9-12,14H2,1H3,(H,23,31). The van der Waals surface area contributed by atoms with Gasteiger partial charge in [-0.3, -0.25) is 4.79 Å². The molecule has 2 heterocycles. The molecular weight excluding hydrogens is 418 g/mol. The number of anilines is 1. The van der Waals surface area contributed by atoms with E-state index in [-0.39, 0.29) is 18.5 Å². The van der Waals surface area contributed by atoms with Crippen LogP contribution < -0.4 is 5.32 Å². The van der Waals surface area contributed by atoms with Crippen molar-refractivity contribution >= 4 is 29.2 Å². The number of aryl methyl sites for hydroxylation is 1. The van der Waals surface area contributed by atoms with E-state index in [9.17, 15) is 9.59 Å². The third kappa shape index (κ3) is 5.00. The van der Waals surface area contributed by atoms with Gasteiger partial charge in [0.2, 0.25) is 11.7 Å². The number of tetrazole rings is 1. The van der Waals surface area contributed by atoms with Crippen molar-refractivity contribution < 1.29 is 9.59 Å². The first-order chi connectivity index (χ1) is 15.0. The summed E-state index contributed by atoms with van der Waals surface area (Å²) in [6.07, 6.45) is 0. The number of hydrogen-bond acceptors (Lipinski definition) is 5. The van der Waals surface area contributed by atoms with Crippen LogP contribution in [0.25, 0.3) is 11.4 Å². The van der Waals surface area contributed by atoms with E-state index >= 15 is 0 Å². The highest BCUT2D eigenvalue weighted by molar-refractivity contribution is 6.31. The number of amides is 3. The van der Waals surface area contributed by atoms with E-state index in [2.05, 4.69) is 20.7 Å². The molecule has 0 atom stereocenters. The van der Waals surface area contributed by atoms with Crippen molar-refractivity contribution in [3.05, 3.63) is 59.1 Å². The minimum Gasteiger partial charge on any atom is -0.337 e. The van der Waals surface area contributed by atoms with Gasteiger partial charge in [-0.15, -0.1) is 10.2 Å². The van der Waals surface area contributed by atoms with Gasteiger partial charge in [-0.2, -0.15) is 4.80 Å². The van der Waals surface area contributed by atoms with Crippen LogP contribution >= 0.6 is 11.6 Å². The number of carbonyl (C=O) groups excluding carboxylic acids is 2. The van der Waals surface area contributed by atoms with Gasteiger partial charge in [-0.05, 0) is 29.8 Å². The Morgan fingerprint density at radius 1 is 1.03 bits per heavy atom. The summed E-state index contributed by atoms with van der Waals surface area (Å²) in [4.78, 5) is 29.8. The molecule has 0 aliphatic carbocycles. The number of urea groups is 1. The van der Waals surface area contributed by atoms with Crippen molar-refractivity contribution in [1.82, 2.24) is 30.0 Å². The summed E-state index contributed by atoms with van der Waals surface area (Å²) >= 11 is 6.11. The van der Waals surface area contributed by atoms with Gasteiger partial charge in [0.1, 0.15) is 6.54 Å². The lowest BCUT2D eigenvalue weighted by Gasteiger charge is -2.34. The molecule has 10 heteroatoms. The molecule has 31 heavy (non-hydrogen) atoms. The molecule has 0 unspecified atom stereocenters. The van der Waals surface area contributed by atoms with Gasteiger partial charge in [-0.25, -0.2) is 4.79 Å².